The highest BCUT2D eigenvalue weighted by Crippen LogP contribution is 2.38. The number of nitrogens with zero attached hydrogens (tertiary/aromatic N) is 2. The molecule has 2 rings (SSSR count). The number of ether oxygens (including phenoxy) is 2. The zero-order valence-electron chi connectivity index (χ0n) is 30.9. The molecule has 4 nitrogen and oxygen atoms in total. The first kappa shape index (κ1) is 40.7. The van der Waals surface area contributed by atoms with Crippen molar-refractivity contribution in [2.45, 2.75) is 156 Å². The Kier molecular flexibility index (Phi) is 22.4. The van der Waals surface area contributed by atoms with Crippen molar-refractivity contribution in [1.82, 2.24) is 0 Å². The third-order valence-electron chi connectivity index (χ3n) is 9.09. The lowest BCUT2D eigenvalue weighted by molar-refractivity contribution is 0.295. The predicted molar refractivity (Wildman–Crippen MR) is 205 cm³/mol. The van der Waals surface area contributed by atoms with Crippen LogP contribution in [0.3, 0.4) is 0 Å². The maximum atomic E-state index is 10.3. The number of allylic oxidation sites excluding steroid dienone is 3. The summed E-state index contributed by atoms with van der Waals surface area (Å²) in [6.07, 6.45) is 28.9. The van der Waals surface area contributed by atoms with Crippen molar-refractivity contribution < 1.29 is 9.47 Å². The van der Waals surface area contributed by atoms with Crippen molar-refractivity contribution in [2.75, 3.05) is 13.2 Å². The van der Waals surface area contributed by atoms with Crippen LogP contribution < -0.4 is 9.47 Å². The first-order valence-corrected chi connectivity index (χ1v) is 19.3. The zero-order chi connectivity index (χ0) is 34.7. The first-order chi connectivity index (χ1) is 23.6. The van der Waals surface area contributed by atoms with Gasteiger partial charge in [0.2, 0.25) is 0 Å². The highest BCUT2D eigenvalue weighted by molar-refractivity contribution is 5.93. The van der Waals surface area contributed by atoms with Gasteiger partial charge in [-0.05, 0) is 50.5 Å². The maximum absolute atomic E-state index is 10.3. The molecule has 0 atom stereocenters. The van der Waals surface area contributed by atoms with E-state index in [0.29, 0.717) is 41.4 Å². The van der Waals surface area contributed by atoms with Crippen molar-refractivity contribution in [3.8, 4) is 23.6 Å². The van der Waals surface area contributed by atoms with Crippen molar-refractivity contribution in [3.63, 3.8) is 0 Å². The SMILES string of the molecule is C/C=C(\C#N)c1cc(OCCCCCCCCCCCC)c(/C(C#N)=C/c2ccc(C)cc2)cc1OCCCCCCCCCCCC. The van der Waals surface area contributed by atoms with Crippen molar-refractivity contribution in [3.05, 3.63) is 64.7 Å². The van der Waals surface area contributed by atoms with Crippen LogP contribution in [0.15, 0.2) is 42.5 Å². The normalized spacial score (nSPS) is 11.7. The fourth-order valence-electron chi connectivity index (χ4n) is 6.04. The molecule has 48 heavy (non-hydrogen) atoms. The van der Waals surface area contributed by atoms with Crippen LogP contribution in [0.25, 0.3) is 17.2 Å². The fraction of sp³-hybridized carbons (Fsp3) is 0.591. The predicted octanol–water partition coefficient (Wildman–Crippen LogP) is 13.6. The third kappa shape index (κ3) is 16.6. The molecule has 0 unspecified atom stereocenters. The molecule has 0 N–H and O–H groups in total. The van der Waals surface area contributed by atoms with Gasteiger partial charge in [-0.1, -0.05) is 165 Å². The largest absolute Gasteiger partial charge is 0.493 e. The lowest BCUT2D eigenvalue weighted by Gasteiger charge is -2.18. The Morgan fingerprint density at radius 2 is 0.938 bits per heavy atom. The van der Waals surface area contributed by atoms with E-state index in [2.05, 4.69) is 45.0 Å². The molecule has 0 saturated carbocycles. The summed E-state index contributed by atoms with van der Waals surface area (Å²) in [7, 11) is 0. The zero-order valence-corrected chi connectivity index (χ0v) is 30.9. The molecule has 2 aromatic carbocycles. The molecule has 0 saturated heterocycles. The summed E-state index contributed by atoms with van der Waals surface area (Å²) in [6.45, 7) is 9.61. The van der Waals surface area contributed by atoms with E-state index in [1.54, 1.807) is 0 Å². The molecule has 0 aliphatic rings. The van der Waals surface area contributed by atoms with Crippen LogP contribution in [0.5, 0.6) is 11.5 Å². The number of aryl methyl sites for hydroxylation is 1. The third-order valence-corrected chi connectivity index (χ3v) is 9.09. The molecule has 2 aromatic rings. The fourth-order valence-corrected chi connectivity index (χ4v) is 6.04. The van der Waals surface area contributed by atoms with Crippen LogP contribution in [0, 0.1) is 29.6 Å². The standard InChI is InChI=1S/C44H64N2O2/c1-5-8-10-12-14-16-18-20-22-24-30-47-43-34-42(40(36-46)32-38-28-26-37(4)27-29-38)44(33-41(43)39(7-3)35-45)48-31-25-23-21-19-17-15-13-11-9-6-2/h7,26-29,32-34H,5-6,8-25,30-31H2,1-4H3/b39-7+,40-32+. The van der Waals surface area contributed by atoms with Gasteiger partial charge in [-0.15, -0.1) is 0 Å². The molecular weight excluding hydrogens is 588 g/mol. The number of benzene rings is 2. The molecule has 0 aliphatic heterocycles. The van der Waals surface area contributed by atoms with Crippen molar-refractivity contribution >= 4 is 17.2 Å². The smallest absolute Gasteiger partial charge is 0.128 e. The summed E-state index contributed by atoms with van der Waals surface area (Å²) in [5.74, 6) is 1.26. The van der Waals surface area contributed by atoms with Crippen LogP contribution in [0.4, 0.5) is 0 Å². The highest BCUT2D eigenvalue weighted by atomic mass is 16.5. The topological polar surface area (TPSA) is 66.0 Å². The minimum Gasteiger partial charge on any atom is -0.493 e. The van der Waals surface area contributed by atoms with Gasteiger partial charge in [0.15, 0.2) is 0 Å². The summed E-state index contributed by atoms with van der Waals surface area (Å²) in [4.78, 5) is 0. The summed E-state index contributed by atoms with van der Waals surface area (Å²) in [6, 6.07) is 16.8. The average molecular weight is 653 g/mol. The van der Waals surface area contributed by atoms with E-state index < -0.39 is 0 Å². The molecule has 262 valence electrons. The Morgan fingerprint density at radius 3 is 1.31 bits per heavy atom. The van der Waals surface area contributed by atoms with E-state index >= 15 is 0 Å². The summed E-state index contributed by atoms with van der Waals surface area (Å²) in [5.41, 5.74) is 4.63. The molecule has 4 heteroatoms. The minimum absolute atomic E-state index is 0.520. The Morgan fingerprint density at radius 1 is 0.562 bits per heavy atom. The molecular formula is C44H64N2O2. The van der Waals surface area contributed by atoms with E-state index in [-0.39, 0.29) is 0 Å². The Hall–Kier alpha value is -3.50. The molecule has 0 heterocycles. The van der Waals surface area contributed by atoms with E-state index in [1.165, 1.54) is 108 Å². The molecule has 0 bridgehead atoms. The van der Waals surface area contributed by atoms with Crippen LogP contribution in [0.1, 0.15) is 171 Å². The molecule has 0 spiro atoms. The van der Waals surface area contributed by atoms with Crippen LogP contribution >= 0.6 is 0 Å². The van der Waals surface area contributed by atoms with Crippen molar-refractivity contribution in [2.24, 2.45) is 0 Å². The summed E-state index contributed by atoms with van der Waals surface area (Å²) >= 11 is 0. The summed E-state index contributed by atoms with van der Waals surface area (Å²) in [5, 5.41) is 20.3. The second-order valence-corrected chi connectivity index (χ2v) is 13.3. The van der Waals surface area contributed by atoms with Crippen molar-refractivity contribution in [1.29, 1.82) is 10.5 Å². The number of nitriles is 2. The first-order valence-electron chi connectivity index (χ1n) is 19.3. The molecule has 0 aromatic heterocycles. The Balaban J connectivity index is 2.14. The van der Waals surface area contributed by atoms with E-state index in [4.69, 9.17) is 9.47 Å². The lowest BCUT2D eigenvalue weighted by Crippen LogP contribution is -2.05. The monoisotopic (exact) mass is 652 g/mol. The van der Waals surface area contributed by atoms with Gasteiger partial charge in [-0.3, -0.25) is 0 Å². The molecule has 0 fully saturated rings. The quantitative estimate of drug-likeness (QED) is 0.0547. The molecule has 0 amide bonds. The minimum atomic E-state index is 0.520. The second kappa shape index (κ2) is 26.5. The van der Waals surface area contributed by atoms with Gasteiger partial charge in [0.1, 0.15) is 11.5 Å². The van der Waals surface area contributed by atoms with Crippen LogP contribution in [0.2, 0.25) is 0 Å². The second-order valence-electron chi connectivity index (χ2n) is 13.3. The Bertz CT molecular complexity index is 1290. The van der Waals surface area contributed by atoms with E-state index in [0.717, 1.165) is 36.8 Å². The average Bonchev–Trinajstić information content (AvgIpc) is 3.10. The molecule has 0 aliphatic carbocycles. The summed E-state index contributed by atoms with van der Waals surface area (Å²) < 4.78 is 12.8. The number of unbranched alkanes of at least 4 members (excludes halogenated alkanes) is 18. The van der Waals surface area contributed by atoms with Gasteiger partial charge in [-0.25, -0.2) is 0 Å². The molecule has 0 radical (unpaired) electrons. The van der Waals surface area contributed by atoms with Crippen LogP contribution in [-0.4, -0.2) is 13.2 Å². The van der Waals surface area contributed by atoms with Gasteiger partial charge in [0, 0.05) is 11.1 Å². The van der Waals surface area contributed by atoms with E-state index in [9.17, 15) is 10.5 Å². The Labute approximate surface area is 294 Å². The van der Waals surface area contributed by atoms with Gasteiger partial charge in [-0.2, -0.15) is 10.5 Å². The maximum Gasteiger partial charge on any atom is 0.128 e. The van der Waals surface area contributed by atoms with Gasteiger partial charge in [0.25, 0.3) is 0 Å². The number of rotatable bonds is 27. The number of hydrogen-bond donors (Lipinski definition) is 0. The van der Waals surface area contributed by atoms with Gasteiger partial charge >= 0.3 is 0 Å². The van der Waals surface area contributed by atoms with Crippen LogP contribution in [-0.2, 0) is 0 Å². The van der Waals surface area contributed by atoms with E-state index in [1.807, 2.05) is 43.3 Å². The van der Waals surface area contributed by atoms with Gasteiger partial charge in [0.05, 0.1) is 36.5 Å². The van der Waals surface area contributed by atoms with Gasteiger partial charge < -0.3 is 9.47 Å². The lowest BCUT2D eigenvalue weighted by atomic mass is 9.97. The highest BCUT2D eigenvalue weighted by Gasteiger charge is 2.18. The number of hydrogen-bond acceptors (Lipinski definition) is 4.